The summed E-state index contributed by atoms with van der Waals surface area (Å²) in [5.41, 5.74) is 3.94. The fourth-order valence-corrected chi connectivity index (χ4v) is 2.42. The van der Waals surface area contributed by atoms with Crippen molar-refractivity contribution < 1.29 is 9.52 Å². The Morgan fingerprint density at radius 3 is 2.45 bits per heavy atom. The van der Waals surface area contributed by atoms with E-state index in [-0.39, 0.29) is 6.04 Å². The lowest BCUT2D eigenvalue weighted by Gasteiger charge is -2.18. The van der Waals surface area contributed by atoms with Gasteiger partial charge in [0, 0.05) is 12.6 Å². The van der Waals surface area contributed by atoms with Crippen LogP contribution in [-0.2, 0) is 6.54 Å². The first kappa shape index (κ1) is 14.8. The second-order valence-corrected chi connectivity index (χ2v) is 5.42. The molecule has 0 spiro atoms. The molecular formula is C17H23NO2. The van der Waals surface area contributed by atoms with Crippen molar-refractivity contribution in [3.8, 4) is 0 Å². The lowest BCUT2D eigenvalue weighted by molar-refractivity contribution is 0.128. The summed E-state index contributed by atoms with van der Waals surface area (Å²) >= 11 is 0. The van der Waals surface area contributed by atoms with Gasteiger partial charge in [-0.15, -0.1) is 0 Å². The Hall–Kier alpha value is -1.58. The number of hydrogen-bond acceptors (Lipinski definition) is 3. The standard InChI is InChI=1S/C17H23NO2/c1-12-6-4-7-13(2)15(12)11-18-14(3)10-16(19)17-8-5-9-20-17/h4-9,14,16,18-19H,10-11H2,1-3H3. The normalized spacial score (nSPS) is 14.2. The van der Waals surface area contributed by atoms with Gasteiger partial charge >= 0.3 is 0 Å². The molecule has 0 fully saturated rings. The van der Waals surface area contributed by atoms with E-state index in [0.717, 1.165) is 6.54 Å². The molecule has 0 bridgehead atoms. The number of rotatable bonds is 6. The molecule has 3 heteroatoms. The molecule has 108 valence electrons. The topological polar surface area (TPSA) is 45.4 Å². The van der Waals surface area contributed by atoms with E-state index in [4.69, 9.17) is 4.42 Å². The predicted molar refractivity (Wildman–Crippen MR) is 80.5 cm³/mol. The van der Waals surface area contributed by atoms with Crippen molar-refractivity contribution in [2.24, 2.45) is 0 Å². The van der Waals surface area contributed by atoms with Gasteiger partial charge in [-0.25, -0.2) is 0 Å². The van der Waals surface area contributed by atoms with Gasteiger partial charge in [-0.1, -0.05) is 18.2 Å². The third-order valence-electron chi connectivity index (χ3n) is 3.72. The Labute approximate surface area is 120 Å². The monoisotopic (exact) mass is 273 g/mol. The van der Waals surface area contributed by atoms with Gasteiger partial charge in [-0.3, -0.25) is 0 Å². The first-order valence-electron chi connectivity index (χ1n) is 7.08. The smallest absolute Gasteiger partial charge is 0.132 e. The minimum absolute atomic E-state index is 0.217. The average molecular weight is 273 g/mol. The summed E-state index contributed by atoms with van der Waals surface area (Å²) in [5, 5.41) is 13.5. The van der Waals surface area contributed by atoms with Crippen molar-refractivity contribution in [3.05, 3.63) is 59.0 Å². The fourth-order valence-electron chi connectivity index (χ4n) is 2.42. The van der Waals surface area contributed by atoms with Crippen LogP contribution in [0.15, 0.2) is 41.0 Å². The molecule has 20 heavy (non-hydrogen) atoms. The van der Waals surface area contributed by atoms with E-state index in [1.54, 1.807) is 12.3 Å². The molecule has 0 saturated carbocycles. The summed E-state index contributed by atoms with van der Waals surface area (Å²) in [5.74, 6) is 0.630. The first-order valence-corrected chi connectivity index (χ1v) is 7.08. The highest BCUT2D eigenvalue weighted by molar-refractivity contribution is 5.33. The first-order chi connectivity index (χ1) is 9.58. The Balaban J connectivity index is 1.88. The maximum Gasteiger partial charge on any atom is 0.132 e. The van der Waals surface area contributed by atoms with Gasteiger partial charge in [0.1, 0.15) is 11.9 Å². The molecule has 2 N–H and O–H groups in total. The Kier molecular flexibility index (Phi) is 4.99. The van der Waals surface area contributed by atoms with Gasteiger partial charge in [0.05, 0.1) is 6.26 Å². The van der Waals surface area contributed by atoms with Gasteiger partial charge in [0.25, 0.3) is 0 Å². The maximum absolute atomic E-state index is 10.1. The van der Waals surface area contributed by atoms with Crippen molar-refractivity contribution in [2.45, 2.75) is 45.9 Å². The molecule has 3 nitrogen and oxygen atoms in total. The lowest BCUT2D eigenvalue weighted by atomic mass is 10.0. The van der Waals surface area contributed by atoms with Crippen molar-refractivity contribution in [1.82, 2.24) is 5.32 Å². The largest absolute Gasteiger partial charge is 0.467 e. The summed E-state index contributed by atoms with van der Waals surface area (Å²) < 4.78 is 5.22. The third-order valence-corrected chi connectivity index (χ3v) is 3.72. The molecule has 2 rings (SSSR count). The van der Waals surface area contributed by atoms with Crippen LogP contribution >= 0.6 is 0 Å². The van der Waals surface area contributed by atoms with Crippen LogP contribution in [0, 0.1) is 13.8 Å². The van der Waals surface area contributed by atoms with E-state index < -0.39 is 6.10 Å². The van der Waals surface area contributed by atoms with E-state index in [0.29, 0.717) is 12.2 Å². The number of aliphatic hydroxyl groups excluding tert-OH is 1. The molecular weight excluding hydrogens is 250 g/mol. The van der Waals surface area contributed by atoms with Crippen molar-refractivity contribution in [1.29, 1.82) is 0 Å². The second kappa shape index (κ2) is 6.73. The summed E-state index contributed by atoms with van der Waals surface area (Å²) in [6, 6.07) is 10.2. The zero-order valence-electron chi connectivity index (χ0n) is 12.4. The van der Waals surface area contributed by atoms with E-state index in [1.807, 2.05) is 6.07 Å². The number of aryl methyl sites for hydroxylation is 2. The van der Waals surface area contributed by atoms with Crippen molar-refractivity contribution in [2.75, 3.05) is 0 Å². The molecule has 2 aromatic rings. The second-order valence-electron chi connectivity index (χ2n) is 5.42. The van der Waals surface area contributed by atoms with E-state index in [9.17, 15) is 5.11 Å². The molecule has 1 aromatic heterocycles. The SMILES string of the molecule is Cc1cccc(C)c1CNC(C)CC(O)c1ccco1. The van der Waals surface area contributed by atoms with Crippen LogP contribution in [0.1, 0.15) is 41.9 Å². The molecule has 0 aliphatic carbocycles. The minimum Gasteiger partial charge on any atom is -0.467 e. The number of aliphatic hydroxyl groups is 1. The molecule has 0 radical (unpaired) electrons. The third kappa shape index (κ3) is 3.71. The number of hydrogen-bond donors (Lipinski definition) is 2. The maximum atomic E-state index is 10.1. The lowest BCUT2D eigenvalue weighted by Crippen LogP contribution is -2.28. The van der Waals surface area contributed by atoms with Crippen molar-refractivity contribution >= 4 is 0 Å². The zero-order valence-corrected chi connectivity index (χ0v) is 12.4. The van der Waals surface area contributed by atoms with Gasteiger partial charge in [0.15, 0.2) is 0 Å². The minimum atomic E-state index is -0.550. The van der Waals surface area contributed by atoms with Gasteiger partial charge in [-0.05, 0) is 56.0 Å². The Morgan fingerprint density at radius 1 is 1.15 bits per heavy atom. The summed E-state index contributed by atoms with van der Waals surface area (Å²) in [6.45, 7) is 7.17. The molecule has 1 aromatic carbocycles. The van der Waals surface area contributed by atoms with Crippen LogP contribution in [-0.4, -0.2) is 11.1 Å². The van der Waals surface area contributed by atoms with Crippen LogP contribution in [0.2, 0.25) is 0 Å². The number of benzene rings is 1. The van der Waals surface area contributed by atoms with Crippen molar-refractivity contribution in [3.63, 3.8) is 0 Å². The summed E-state index contributed by atoms with van der Waals surface area (Å²) in [4.78, 5) is 0. The highest BCUT2D eigenvalue weighted by Gasteiger charge is 2.14. The number of nitrogens with one attached hydrogen (secondary N) is 1. The Morgan fingerprint density at radius 2 is 1.85 bits per heavy atom. The van der Waals surface area contributed by atoms with Crippen LogP contribution < -0.4 is 5.32 Å². The zero-order chi connectivity index (χ0) is 14.5. The molecule has 0 saturated heterocycles. The summed E-state index contributed by atoms with van der Waals surface area (Å²) in [6.07, 6.45) is 1.68. The number of furan rings is 1. The van der Waals surface area contributed by atoms with E-state index in [2.05, 4.69) is 44.3 Å². The highest BCUT2D eigenvalue weighted by atomic mass is 16.4. The van der Waals surface area contributed by atoms with Gasteiger partial charge in [-0.2, -0.15) is 0 Å². The van der Waals surface area contributed by atoms with Crippen LogP contribution in [0.3, 0.4) is 0 Å². The van der Waals surface area contributed by atoms with Crippen LogP contribution in [0.5, 0.6) is 0 Å². The quantitative estimate of drug-likeness (QED) is 0.846. The Bertz CT molecular complexity index is 514. The molecule has 2 atom stereocenters. The molecule has 0 aliphatic rings. The molecule has 2 unspecified atom stereocenters. The van der Waals surface area contributed by atoms with E-state index in [1.165, 1.54) is 16.7 Å². The average Bonchev–Trinajstić information content (AvgIpc) is 2.92. The highest BCUT2D eigenvalue weighted by Crippen LogP contribution is 2.19. The van der Waals surface area contributed by atoms with Gasteiger partial charge in [0.2, 0.25) is 0 Å². The predicted octanol–water partition coefficient (Wildman–Crippen LogP) is 3.50. The molecule has 0 amide bonds. The summed E-state index contributed by atoms with van der Waals surface area (Å²) in [7, 11) is 0. The van der Waals surface area contributed by atoms with Crippen LogP contribution in [0.25, 0.3) is 0 Å². The van der Waals surface area contributed by atoms with Gasteiger partial charge < -0.3 is 14.8 Å². The van der Waals surface area contributed by atoms with Crippen LogP contribution in [0.4, 0.5) is 0 Å². The molecule has 0 aliphatic heterocycles. The molecule has 1 heterocycles. The fraction of sp³-hybridized carbons (Fsp3) is 0.412. The van der Waals surface area contributed by atoms with E-state index >= 15 is 0 Å².